The van der Waals surface area contributed by atoms with Crippen molar-refractivity contribution in [2.45, 2.75) is 38.6 Å². The molecule has 0 atom stereocenters. The van der Waals surface area contributed by atoms with Crippen LogP contribution in [0.2, 0.25) is 0 Å². The number of anilines is 2. The Morgan fingerprint density at radius 1 is 1.25 bits per heavy atom. The van der Waals surface area contributed by atoms with Gasteiger partial charge in [0.2, 0.25) is 5.13 Å². The van der Waals surface area contributed by atoms with Crippen LogP contribution in [0.4, 0.5) is 15.6 Å². The van der Waals surface area contributed by atoms with Gasteiger partial charge in [0.15, 0.2) is 0 Å². The normalized spacial score (nSPS) is 15.3. The highest BCUT2D eigenvalue weighted by molar-refractivity contribution is 7.15. The van der Waals surface area contributed by atoms with Gasteiger partial charge in [-0.15, -0.1) is 10.2 Å². The predicted molar refractivity (Wildman–Crippen MR) is 97.7 cm³/mol. The van der Waals surface area contributed by atoms with E-state index in [4.69, 9.17) is 0 Å². The maximum absolute atomic E-state index is 12.1. The number of urea groups is 1. The summed E-state index contributed by atoms with van der Waals surface area (Å²) < 4.78 is 0. The summed E-state index contributed by atoms with van der Waals surface area (Å²) in [6.45, 7) is 3.95. The van der Waals surface area contributed by atoms with Crippen molar-refractivity contribution >= 4 is 28.2 Å². The van der Waals surface area contributed by atoms with E-state index in [1.807, 2.05) is 30.3 Å². The van der Waals surface area contributed by atoms with E-state index in [0.29, 0.717) is 0 Å². The van der Waals surface area contributed by atoms with Crippen molar-refractivity contribution in [2.24, 2.45) is 0 Å². The van der Waals surface area contributed by atoms with Gasteiger partial charge in [-0.1, -0.05) is 36.5 Å². The number of amides is 2. The highest BCUT2D eigenvalue weighted by Gasteiger charge is 2.23. The van der Waals surface area contributed by atoms with Crippen molar-refractivity contribution < 1.29 is 4.79 Å². The monoisotopic (exact) mass is 345 g/mol. The van der Waals surface area contributed by atoms with Gasteiger partial charge >= 0.3 is 6.03 Å². The Morgan fingerprint density at radius 3 is 2.71 bits per heavy atom. The van der Waals surface area contributed by atoms with E-state index in [-0.39, 0.29) is 12.1 Å². The maximum atomic E-state index is 12.1. The summed E-state index contributed by atoms with van der Waals surface area (Å²) in [6.07, 6.45) is 3.93. The van der Waals surface area contributed by atoms with Gasteiger partial charge in [-0.3, -0.25) is 0 Å². The molecule has 1 aliphatic rings. The molecule has 0 bridgehead atoms. The van der Waals surface area contributed by atoms with Crippen LogP contribution in [0.25, 0.3) is 0 Å². The minimum atomic E-state index is -0.138. The summed E-state index contributed by atoms with van der Waals surface area (Å²) in [4.78, 5) is 14.3. The van der Waals surface area contributed by atoms with Crippen LogP contribution in [0.1, 0.15) is 31.2 Å². The van der Waals surface area contributed by atoms with E-state index in [1.165, 1.54) is 0 Å². The number of para-hydroxylation sites is 1. The number of hydrogen-bond acceptors (Lipinski definition) is 5. The first-order valence-electron chi connectivity index (χ1n) is 8.44. The Balaban J connectivity index is 1.45. The second-order valence-corrected chi connectivity index (χ2v) is 6.99. The van der Waals surface area contributed by atoms with Crippen molar-refractivity contribution in [3.63, 3.8) is 0 Å². The number of rotatable bonds is 5. The number of benzene rings is 1. The third kappa shape index (κ3) is 4.44. The van der Waals surface area contributed by atoms with Crippen molar-refractivity contribution in [3.8, 4) is 0 Å². The second-order valence-electron chi connectivity index (χ2n) is 5.95. The molecule has 1 aliphatic heterocycles. The van der Waals surface area contributed by atoms with E-state index < -0.39 is 0 Å². The number of carbonyl (C=O) groups excluding carboxylic acids is 1. The molecule has 0 unspecified atom stereocenters. The van der Waals surface area contributed by atoms with E-state index in [0.717, 1.165) is 54.6 Å². The van der Waals surface area contributed by atoms with Gasteiger partial charge in [-0.05, 0) is 31.4 Å². The molecule has 6 nitrogen and oxygen atoms in total. The zero-order valence-electron chi connectivity index (χ0n) is 13.9. The fraction of sp³-hybridized carbons (Fsp3) is 0.471. The Labute approximate surface area is 146 Å². The molecule has 0 saturated carbocycles. The molecule has 2 N–H and O–H groups in total. The van der Waals surface area contributed by atoms with Gasteiger partial charge in [0, 0.05) is 31.2 Å². The molecule has 7 heteroatoms. The molecule has 2 aromatic rings. The average molecular weight is 345 g/mol. The third-order valence-electron chi connectivity index (χ3n) is 4.05. The fourth-order valence-corrected chi connectivity index (χ4v) is 3.77. The summed E-state index contributed by atoms with van der Waals surface area (Å²) in [5.74, 6) is 0. The molecule has 24 heavy (non-hydrogen) atoms. The number of nitrogens with zero attached hydrogens (tertiary/aromatic N) is 3. The minimum Gasteiger partial charge on any atom is -0.347 e. The first-order valence-corrected chi connectivity index (χ1v) is 9.26. The standard InChI is InChI=1S/C17H23N5OS/c1-2-6-15-20-21-17(24-15)22-11-9-14(10-12-22)19-16(23)18-13-7-4-3-5-8-13/h3-5,7-8,14H,2,6,9-12H2,1H3,(H2,18,19,23). The average Bonchev–Trinajstić information content (AvgIpc) is 3.05. The van der Waals surface area contributed by atoms with Gasteiger partial charge in [-0.25, -0.2) is 4.79 Å². The lowest BCUT2D eigenvalue weighted by Gasteiger charge is -2.31. The molecule has 0 spiro atoms. The number of carbonyl (C=O) groups is 1. The highest BCUT2D eigenvalue weighted by Crippen LogP contribution is 2.24. The molecule has 0 aliphatic carbocycles. The van der Waals surface area contributed by atoms with Crippen molar-refractivity contribution in [1.29, 1.82) is 0 Å². The van der Waals surface area contributed by atoms with Gasteiger partial charge in [0.25, 0.3) is 0 Å². The third-order valence-corrected chi connectivity index (χ3v) is 5.10. The SMILES string of the molecule is CCCc1nnc(N2CCC(NC(=O)Nc3ccccc3)CC2)s1. The minimum absolute atomic E-state index is 0.138. The summed E-state index contributed by atoms with van der Waals surface area (Å²) in [6, 6.07) is 9.56. The number of aromatic nitrogens is 2. The van der Waals surface area contributed by atoms with Gasteiger partial charge in [-0.2, -0.15) is 0 Å². The van der Waals surface area contributed by atoms with E-state index in [1.54, 1.807) is 11.3 Å². The lowest BCUT2D eigenvalue weighted by molar-refractivity contribution is 0.246. The molecule has 1 fully saturated rings. The summed E-state index contributed by atoms with van der Waals surface area (Å²) >= 11 is 1.68. The van der Waals surface area contributed by atoms with Crippen LogP contribution in [-0.2, 0) is 6.42 Å². The van der Waals surface area contributed by atoms with E-state index in [2.05, 4.69) is 32.7 Å². The quantitative estimate of drug-likeness (QED) is 0.872. The molecule has 2 amide bonds. The van der Waals surface area contributed by atoms with E-state index in [9.17, 15) is 4.79 Å². The highest BCUT2D eigenvalue weighted by atomic mass is 32.1. The molecule has 1 aromatic heterocycles. The lowest BCUT2D eigenvalue weighted by Crippen LogP contribution is -2.46. The smallest absolute Gasteiger partial charge is 0.319 e. The molecular formula is C17H23N5OS. The molecule has 0 radical (unpaired) electrons. The molecule has 128 valence electrons. The van der Waals surface area contributed by atoms with Crippen molar-refractivity contribution in [1.82, 2.24) is 15.5 Å². The van der Waals surface area contributed by atoms with Crippen LogP contribution < -0.4 is 15.5 Å². The van der Waals surface area contributed by atoms with Gasteiger partial charge in [0.1, 0.15) is 5.01 Å². The number of hydrogen-bond donors (Lipinski definition) is 2. The van der Waals surface area contributed by atoms with Crippen molar-refractivity contribution in [3.05, 3.63) is 35.3 Å². The second kappa shape index (κ2) is 8.10. The first kappa shape index (κ1) is 16.7. The topological polar surface area (TPSA) is 70.2 Å². The van der Waals surface area contributed by atoms with Gasteiger partial charge < -0.3 is 15.5 Å². The maximum Gasteiger partial charge on any atom is 0.319 e. The lowest BCUT2D eigenvalue weighted by atomic mass is 10.1. The summed E-state index contributed by atoms with van der Waals surface area (Å²) in [5.41, 5.74) is 0.810. The largest absolute Gasteiger partial charge is 0.347 e. The zero-order valence-corrected chi connectivity index (χ0v) is 14.7. The zero-order chi connectivity index (χ0) is 16.8. The van der Waals surface area contributed by atoms with Crippen LogP contribution in [-0.4, -0.2) is 35.4 Å². The summed E-state index contributed by atoms with van der Waals surface area (Å²) in [5, 5.41) is 16.6. The Bertz CT molecular complexity index is 652. The molecule has 1 aromatic carbocycles. The van der Waals surface area contributed by atoms with Crippen molar-refractivity contribution in [2.75, 3.05) is 23.3 Å². The summed E-state index contributed by atoms with van der Waals surface area (Å²) in [7, 11) is 0. The van der Waals surface area contributed by atoms with Crippen LogP contribution in [0, 0.1) is 0 Å². The van der Waals surface area contributed by atoms with Crippen LogP contribution in [0.3, 0.4) is 0 Å². The number of nitrogens with one attached hydrogen (secondary N) is 2. The van der Waals surface area contributed by atoms with Gasteiger partial charge in [0.05, 0.1) is 0 Å². The van der Waals surface area contributed by atoms with Crippen LogP contribution in [0.15, 0.2) is 30.3 Å². The molecule has 1 saturated heterocycles. The molecule has 3 rings (SSSR count). The first-order chi connectivity index (χ1) is 11.7. The Hall–Kier alpha value is -2.15. The Morgan fingerprint density at radius 2 is 2.00 bits per heavy atom. The fourth-order valence-electron chi connectivity index (χ4n) is 2.78. The number of aryl methyl sites for hydroxylation is 1. The predicted octanol–water partition coefficient (Wildman–Crippen LogP) is 3.28. The molecule has 2 heterocycles. The Kier molecular flexibility index (Phi) is 5.63. The van der Waals surface area contributed by atoms with Crippen LogP contribution >= 0.6 is 11.3 Å². The number of piperidine rings is 1. The van der Waals surface area contributed by atoms with Crippen LogP contribution in [0.5, 0.6) is 0 Å². The van der Waals surface area contributed by atoms with E-state index >= 15 is 0 Å². The molecular weight excluding hydrogens is 322 g/mol.